The van der Waals surface area contributed by atoms with Gasteiger partial charge in [-0.05, 0) is 31.9 Å². The molecule has 0 fully saturated rings. The average Bonchev–Trinajstić information content (AvgIpc) is 3.22. The molecule has 3 aromatic rings. The van der Waals surface area contributed by atoms with Crippen LogP contribution in [0.3, 0.4) is 0 Å². The summed E-state index contributed by atoms with van der Waals surface area (Å²) in [5, 5.41) is 11.6. The number of nitrogens with one attached hydrogen (secondary N) is 1. The topological polar surface area (TPSA) is 80.9 Å². The third-order valence-corrected chi connectivity index (χ3v) is 4.68. The Morgan fingerprint density at radius 2 is 2.04 bits per heavy atom. The Morgan fingerprint density at radius 1 is 1.24 bits per heavy atom. The van der Waals surface area contributed by atoms with E-state index in [4.69, 9.17) is 4.42 Å². The van der Waals surface area contributed by atoms with Gasteiger partial charge in [0.05, 0.1) is 5.69 Å². The predicted octanol–water partition coefficient (Wildman–Crippen LogP) is 4.03. The van der Waals surface area contributed by atoms with Crippen LogP contribution in [0.25, 0.3) is 11.5 Å². The number of benzene rings is 1. The molecule has 6 nitrogen and oxygen atoms in total. The molecule has 0 saturated heterocycles. The summed E-state index contributed by atoms with van der Waals surface area (Å²) in [5.41, 5.74) is 1.93. The van der Waals surface area contributed by atoms with Crippen molar-refractivity contribution in [2.75, 3.05) is 5.32 Å². The van der Waals surface area contributed by atoms with Gasteiger partial charge in [-0.25, -0.2) is 4.98 Å². The largest absolute Gasteiger partial charge is 0.421 e. The molecule has 0 saturated carbocycles. The van der Waals surface area contributed by atoms with Crippen molar-refractivity contribution in [3.8, 4) is 11.5 Å². The van der Waals surface area contributed by atoms with Crippen molar-refractivity contribution in [2.45, 2.75) is 39.5 Å². The van der Waals surface area contributed by atoms with Gasteiger partial charge in [0.15, 0.2) is 5.13 Å². The van der Waals surface area contributed by atoms with Crippen LogP contribution >= 0.6 is 11.3 Å². The van der Waals surface area contributed by atoms with Crippen LogP contribution in [-0.2, 0) is 17.6 Å². The third-order valence-electron chi connectivity index (χ3n) is 3.76. The molecule has 0 unspecified atom stereocenters. The molecule has 1 amide bonds. The van der Waals surface area contributed by atoms with E-state index in [-0.39, 0.29) is 5.91 Å². The number of aromatic nitrogens is 3. The summed E-state index contributed by atoms with van der Waals surface area (Å²) in [6.07, 6.45) is 2.49. The molecule has 0 aliphatic carbocycles. The second-order valence-electron chi connectivity index (χ2n) is 5.64. The van der Waals surface area contributed by atoms with E-state index >= 15 is 0 Å². The minimum Gasteiger partial charge on any atom is -0.421 e. The number of nitrogens with zero attached hydrogens (tertiary/aromatic N) is 3. The zero-order valence-corrected chi connectivity index (χ0v) is 15.1. The number of amides is 1. The Labute approximate surface area is 150 Å². The Bertz CT molecular complexity index is 842. The summed E-state index contributed by atoms with van der Waals surface area (Å²) in [5.74, 6) is 1.01. The smallest absolute Gasteiger partial charge is 0.247 e. The fourth-order valence-corrected chi connectivity index (χ4v) is 3.36. The molecule has 2 aromatic heterocycles. The van der Waals surface area contributed by atoms with E-state index in [0.29, 0.717) is 36.2 Å². The SMILES string of the molecule is CCc1nc(NC(=O)CCCc2nnc(-c3ccccc3)o2)sc1C. The number of carbonyl (C=O) groups excluding carboxylic acids is 1. The first-order chi connectivity index (χ1) is 12.2. The van der Waals surface area contributed by atoms with E-state index in [9.17, 15) is 4.79 Å². The van der Waals surface area contributed by atoms with Gasteiger partial charge in [0.2, 0.25) is 17.7 Å². The molecule has 0 atom stereocenters. The van der Waals surface area contributed by atoms with Gasteiger partial charge in [-0.15, -0.1) is 21.5 Å². The van der Waals surface area contributed by atoms with Crippen molar-refractivity contribution in [2.24, 2.45) is 0 Å². The van der Waals surface area contributed by atoms with Crippen molar-refractivity contribution >= 4 is 22.4 Å². The lowest BCUT2D eigenvalue weighted by Gasteiger charge is -2.00. The molecule has 1 N–H and O–H groups in total. The molecule has 1 aromatic carbocycles. The van der Waals surface area contributed by atoms with E-state index in [1.165, 1.54) is 11.3 Å². The number of rotatable bonds is 7. The van der Waals surface area contributed by atoms with E-state index in [1.54, 1.807) is 0 Å². The predicted molar refractivity (Wildman–Crippen MR) is 97.5 cm³/mol. The Kier molecular flexibility index (Phi) is 5.55. The highest BCUT2D eigenvalue weighted by molar-refractivity contribution is 7.15. The number of thiazole rings is 1. The first-order valence-corrected chi connectivity index (χ1v) is 9.11. The Balaban J connectivity index is 1.48. The molecule has 3 rings (SSSR count). The van der Waals surface area contributed by atoms with Crippen LogP contribution in [0.4, 0.5) is 5.13 Å². The first kappa shape index (κ1) is 17.3. The second-order valence-corrected chi connectivity index (χ2v) is 6.85. The van der Waals surface area contributed by atoms with Crippen molar-refractivity contribution < 1.29 is 9.21 Å². The van der Waals surface area contributed by atoms with Crippen LogP contribution in [0.5, 0.6) is 0 Å². The Hall–Kier alpha value is -2.54. The quantitative estimate of drug-likeness (QED) is 0.691. The molecular weight excluding hydrogens is 336 g/mol. The molecule has 2 heterocycles. The minimum absolute atomic E-state index is 0.0424. The number of hydrogen-bond donors (Lipinski definition) is 1. The van der Waals surface area contributed by atoms with Gasteiger partial charge < -0.3 is 9.73 Å². The summed E-state index contributed by atoms with van der Waals surface area (Å²) in [6, 6.07) is 9.63. The zero-order valence-electron chi connectivity index (χ0n) is 14.3. The van der Waals surface area contributed by atoms with Gasteiger partial charge in [-0.1, -0.05) is 25.1 Å². The zero-order chi connectivity index (χ0) is 17.6. The maximum atomic E-state index is 12.0. The van der Waals surface area contributed by atoms with Crippen molar-refractivity contribution in [1.82, 2.24) is 15.2 Å². The molecule has 0 radical (unpaired) electrons. The fourth-order valence-electron chi connectivity index (χ4n) is 2.44. The summed E-state index contributed by atoms with van der Waals surface area (Å²) >= 11 is 1.51. The van der Waals surface area contributed by atoms with E-state index in [1.807, 2.05) is 37.3 Å². The van der Waals surface area contributed by atoms with Gasteiger partial charge in [0.25, 0.3) is 0 Å². The lowest BCUT2D eigenvalue weighted by molar-refractivity contribution is -0.116. The molecular formula is C18H20N4O2S. The monoisotopic (exact) mass is 356 g/mol. The van der Waals surface area contributed by atoms with Gasteiger partial charge in [0, 0.05) is 23.3 Å². The molecule has 0 aliphatic heterocycles. The fraction of sp³-hybridized carbons (Fsp3) is 0.333. The maximum absolute atomic E-state index is 12.0. The van der Waals surface area contributed by atoms with Crippen LogP contribution in [0.1, 0.15) is 36.2 Å². The van der Waals surface area contributed by atoms with Crippen LogP contribution in [0.15, 0.2) is 34.7 Å². The van der Waals surface area contributed by atoms with Crippen LogP contribution in [-0.4, -0.2) is 21.1 Å². The maximum Gasteiger partial charge on any atom is 0.247 e. The van der Waals surface area contributed by atoms with Crippen molar-refractivity contribution in [3.05, 3.63) is 46.8 Å². The van der Waals surface area contributed by atoms with Crippen LogP contribution in [0, 0.1) is 6.92 Å². The third kappa shape index (κ3) is 4.51. The second kappa shape index (κ2) is 8.02. The van der Waals surface area contributed by atoms with Crippen molar-refractivity contribution in [1.29, 1.82) is 0 Å². The Morgan fingerprint density at radius 3 is 2.76 bits per heavy atom. The molecule has 0 bridgehead atoms. The van der Waals surface area contributed by atoms with Crippen LogP contribution in [0.2, 0.25) is 0 Å². The minimum atomic E-state index is -0.0424. The van der Waals surface area contributed by atoms with Crippen molar-refractivity contribution in [3.63, 3.8) is 0 Å². The van der Waals surface area contributed by atoms with Gasteiger partial charge >= 0.3 is 0 Å². The number of carbonyl (C=O) groups is 1. The molecule has 0 aliphatic rings. The van der Waals surface area contributed by atoms with Gasteiger partial charge in [0.1, 0.15) is 0 Å². The van der Waals surface area contributed by atoms with Gasteiger partial charge in [-0.3, -0.25) is 4.79 Å². The molecule has 25 heavy (non-hydrogen) atoms. The highest BCUT2D eigenvalue weighted by atomic mass is 32.1. The van der Waals surface area contributed by atoms with E-state index in [2.05, 4.69) is 27.4 Å². The summed E-state index contributed by atoms with van der Waals surface area (Å²) in [6.45, 7) is 4.08. The number of hydrogen-bond acceptors (Lipinski definition) is 6. The van der Waals surface area contributed by atoms with Crippen LogP contribution < -0.4 is 5.32 Å². The molecule has 130 valence electrons. The summed E-state index contributed by atoms with van der Waals surface area (Å²) in [4.78, 5) is 17.6. The normalized spacial score (nSPS) is 10.8. The lowest BCUT2D eigenvalue weighted by Crippen LogP contribution is -2.11. The highest BCUT2D eigenvalue weighted by Crippen LogP contribution is 2.22. The number of anilines is 1. The standard InChI is InChI=1S/C18H20N4O2S/c1-3-14-12(2)25-18(19-14)20-15(23)10-7-11-16-21-22-17(24-16)13-8-5-4-6-9-13/h4-6,8-9H,3,7,10-11H2,1-2H3,(H,19,20,23). The number of aryl methyl sites for hydroxylation is 3. The lowest BCUT2D eigenvalue weighted by atomic mass is 10.2. The van der Waals surface area contributed by atoms with E-state index < -0.39 is 0 Å². The summed E-state index contributed by atoms with van der Waals surface area (Å²) < 4.78 is 5.64. The van der Waals surface area contributed by atoms with Gasteiger partial charge in [-0.2, -0.15) is 0 Å². The average molecular weight is 356 g/mol. The highest BCUT2D eigenvalue weighted by Gasteiger charge is 2.11. The first-order valence-electron chi connectivity index (χ1n) is 8.29. The summed E-state index contributed by atoms with van der Waals surface area (Å²) in [7, 11) is 0. The molecule has 0 spiro atoms. The molecule has 7 heteroatoms. The van der Waals surface area contributed by atoms with E-state index in [0.717, 1.165) is 22.6 Å².